The van der Waals surface area contributed by atoms with E-state index in [0.717, 1.165) is 13.0 Å². The highest BCUT2D eigenvalue weighted by molar-refractivity contribution is 7.99. The van der Waals surface area contributed by atoms with Crippen LogP contribution in [-0.2, 0) is 0 Å². The number of para-hydroxylation sites is 2. The molecule has 1 atom stereocenters. The summed E-state index contributed by atoms with van der Waals surface area (Å²) in [6.07, 6.45) is 1.15. The number of benzene rings is 2. The van der Waals surface area contributed by atoms with Crippen molar-refractivity contribution in [1.29, 1.82) is 0 Å². The van der Waals surface area contributed by atoms with Crippen LogP contribution in [0.5, 0.6) is 0 Å². The Kier molecular flexibility index (Phi) is 4.22. The molecule has 0 bridgehead atoms. The Morgan fingerprint density at radius 3 is 2.00 bits per heavy atom. The molecule has 1 aliphatic heterocycles. The van der Waals surface area contributed by atoms with E-state index in [9.17, 15) is 0 Å². The highest BCUT2D eigenvalue weighted by Crippen LogP contribution is 2.47. The molecule has 2 nitrogen and oxygen atoms in total. The van der Waals surface area contributed by atoms with Gasteiger partial charge in [-0.15, -0.1) is 0 Å². The summed E-state index contributed by atoms with van der Waals surface area (Å²) in [6, 6.07) is 18.0. The summed E-state index contributed by atoms with van der Waals surface area (Å²) < 4.78 is 0. The molecule has 3 rings (SSSR count). The molecule has 0 aliphatic carbocycles. The molecule has 0 N–H and O–H groups in total. The predicted octanol–water partition coefficient (Wildman–Crippen LogP) is 4.63. The average Bonchev–Trinajstić information content (AvgIpc) is 2.51. The van der Waals surface area contributed by atoms with E-state index in [4.69, 9.17) is 0 Å². The molecule has 110 valence electrons. The number of fused-ring (bicyclic) bond motifs is 2. The minimum atomic E-state index is 0.582. The standard InChI is InChI=1S/C18H22N2S/c1-14(19(2)3)12-13-20-15-8-4-6-10-17(15)21-18-11-7-5-9-16(18)20/h4-11,14H,12-13H2,1-3H3. The maximum atomic E-state index is 2.47. The molecule has 2 aromatic rings. The molecule has 0 aromatic heterocycles. The van der Waals surface area contributed by atoms with Gasteiger partial charge in [0.25, 0.3) is 0 Å². The lowest BCUT2D eigenvalue weighted by Crippen LogP contribution is -2.30. The molecule has 0 amide bonds. The van der Waals surface area contributed by atoms with E-state index in [1.807, 2.05) is 11.8 Å². The van der Waals surface area contributed by atoms with Crippen LogP contribution < -0.4 is 4.90 Å². The fourth-order valence-corrected chi connectivity index (χ4v) is 3.69. The maximum Gasteiger partial charge on any atom is 0.0552 e. The fourth-order valence-electron chi connectivity index (χ4n) is 2.60. The highest BCUT2D eigenvalue weighted by atomic mass is 32.2. The van der Waals surface area contributed by atoms with E-state index in [-0.39, 0.29) is 0 Å². The Morgan fingerprint density at radius 2 is 1.48 bits per heavy atom. The molecule has 21 heavy (non-hydrogen) atoms. The summed E-state index contributed by atoms with van der Waals surface area (Å²) in [5.74, 6) is 0. The lowest BCUT2D eigenvalue weighted by atomic mass is 10.1. The lowest BCUT2D eigenvalue weighted by molar-refractivity contribution is 0.301. The second kappa shape index (κ2) is 6.12. The van der Waals surface area contributed by atoms with Gasteiger partial charge in [0.2, 0.25) is 0 Å². The van der Waals surface area contributed by atoms with E-state index < -0.39 is 0 Å². The number of anilines is 2. The minimum Gasteiger partial charge on any atom is -0.340 e. The van der Waals surface area contributed by atoms with Gasteiger partial charge in [-0.1, -0.05) is 36.0 Å². The van der Waals surface area contributed by atoms with Crippen molar-refractivity contribution in [2.24, 2.45) is 0 Å². The van der Waals surface area contributed by atoms with Crippen LogP contribution in [0.4, 0.5) is 11.4 Å². The molecule has 1 heterocycles. The van der Waals surface area contributed by atoms with Crippen LogP contribution in [0.15, 0.2) is 58.3 Å². The molecule has 3 heteroatoms. The van der Waals surface area contributed by atoms with E-state index in [2.05, 4.69) is 79.3 Å². The topological polar surface area (TPSA) is 6.48 Å². The molecule has 1 unspecified atom stereocenters. The van der Waals surface area contributed by atoms with E-state index >= 15 is 0 Å². The van der Waals surface area contributed by atoms with Crippen LogP contribution in [0.3, 0.4) is 0 Å². The van der Waals surface area contributed by atoms with Gasteiger partial charge in [-0.3, -0.25) is 0 Å². The van der Waals surface area contributed by atoms with Gasteiger partial charge in [-0.25, -0.2) is 0 Å². The van der Waals surface area contributed by atoms with Crippen molar-refractivity contribution in [3.05, 3.63) is 48.5 Å². The monoisotopic (exact) mass is 298 g/mol. The minimum absolute atomic E-state index is 0.582. The third-order valence-electron chi connectivity index (χ3n) is 4.18. The maximum absolute atomic E-state index is 2.47. The SMILES string of the molecule is CC(CCN1c2ccccc2Sc2ccccc21)N(C)C. The van der Waals surface area contributed by atoms with Gasteiger partial charge in [0.1, 0.15) is 0 Å². The number of nitrogens with zero attached hydrogens (tertiary/aromatic N) is 2. The van der Waals surface area contributed by atoms with Crippen LogP contribution >= 0.6 is 11.8 Å². The van der Waals surface area contributed by atoms with E-state index in [1.54, 1.807) is 0 Å². The summed E-state index contributed by atoms with van der Waals surface area (Å²) in [5.41, 5.74) is 2.68. The summed E-state index contributed by atoms with van der Waals surface area (Å²) in [5, 5.41) is 0. The Balaban J connectivity index is 1.91. The van der Waals surface area contributed by atoms with Crippen molar-refractivity contribution < 1.29 is 0 Å². The Hall–Kier alpha value is -1.45. The first kappa shape index (κ1) is 14.5. The smallest absolute Gasteiger partial charge is 0.0552 e. The van der Waals surface area contributed by atoms with Gasteiger partial charge in [0.15, 0.2) is 0 Å². The second-order valence-electron chi connectivity index (χ2n) is 5.79. The van der Waals surface area contributed by atoms with Gasteiger partial charge >= 0.3 is 0 Å². The van der Waals surface area contributed by atoms with E-state index in [0.29, 0.717) is 6.04 Å². The zero-order valence-electron chi connectivity index (χ0n) is 12.9. The van der Waals surface area contributed by atoms with Crippen LogP contribution in [0.25, 0.3) is 0 Å². The second-order valence-corrected chi connectivity index (χ2v) is 6.87. The van der Waals surface area contributed by atoms with E-state index in [1.165, 1.54) is 21.2 Å². The van der Waals surface area contributed by atoms with Gasteiger partial charge in [-0.05, 0) is 51.7 Å². The molecule has 0 spiro atoms. The normalized spacial score (nSPS) is 14.8. The van der Waals surface area contributed by atoms with Crippen LogP contribution in [0, 0.1) is 0 Å². The predicted molar refractivity (Wildman–Crippen MR) is 91.8 cm³/mol. The first-order valence-electron chi connectivity index (χ1n) is 7.46. The largest absolute Gasteiger partial charge is 0.340 e. The highest BCUT2D eigenvalue weighted by Gasteiger charge is 2.22. The quantitative estimate of drug-likeness (QED) is 0.812. The molecule has 2 aromatic carbocycles. The number of rotatable bonds is 4. The molecule has 0 saturated heterocycles. The van der Waals surface area contributed by atoms with Crippen LogP contribution in [-0.4, -0.2) is 31.6 Å². The summed E-state index contributed by atoms with van der Waals surface area (Å²) >= 11 is 1.87. The molecule has 0 radical (unpaired) electrons. The molecular weight excluding hydrogens is 276 g/mol. The van der Waals surface area contributed by atoms with Crippen LogP contribution in [0.1, 0.15) is 13.3 Å². The van der Waals surface area contributed by atoms with Crippen molar-refractivity contribution >= 4 is 23.1 Å². The van der Waals surface area contributed by atoms with Crippen molar-refractivity contribution in [1.82, 2.24) is 4.90 Å². The third kappa shape index (κ3) is 2.94. The average molecular weight is 298 g/mol. The summed E-state index contributed by atoms with van der Waals surface area (Å²) in [4.78, 5) is 7.47. The van der Waals surface area contributed by atoms with Gasteiger partial charge in [-0.2, -0.15) is 0 Å². The van der Waals surface area contributed by atoms with Crippen molar-refractivity contribution in [2.45, 2.75) is 29.2 Å². The molecule has 1 aliphatic rings. The Labute approximate surface area is 131 Å². The summed E-state index contributed by atoms with van der Waals surface area (Å²) in [6.45, 7) is 3.34. The number of hydrogen-bond acceptors (Lipinski definition) is 3. The Bertz CT molecular complexity index is 579. The van der Waals surface area contributed by atoms with Gasteiger partial charge < -0.3 is 9.80 Å². The lowest BCUT2D eigenvalue weighted by Gasteiger charge is -2.34. The van der Waals surface area contributed by atoms with Crippen LogP contribution in [0.2, 0.25) is 0 Å². The third-order valence-corrected chi connectivity index (χ3v) is 5.31. The fraction of sp³-hybridized carbons (Fsp3) is 0.333. The zero-order valence-corrected chi connectivity index (χ0v) is 13.7. The van der Waals surface area contributed by atoms with Gasteiger partial charge in [0, 0.05) is 22.4 Å². The first-order valence-corrected chi connectivity index (χ1v) is 8.28. The Morgan fingerprint density at radius 1 is 0.952 bits per heavy atom. The molecule has 0 saturated carbocycles. The summed E-state index contributed by atoms with van der Waals surface area (Å²) in [7, 11) is 4.30. The van der Waals surface area contributed by atoms with Gasteiger partial charge in [0.05, 0.1) is 11.4 Å². The number of hydrogen-bond donors (Lipinski definition) is 0. The van der Waals surface area contributed by atoms with Crippen molar-refractivity contribution in [2.75, 3.05) is 25.5 Å². The zero-order chi connectivity index (χ0) is 14.8. The van der Waals surface area contributed by atoms with Crippen molar-refractivity contribution in [3.8, 4) is 0 Å². The molecular formula is C18H22N2S. The van der Waals surface area contributed by atoms with Crippen molar-refractivity contribution in [3.63, 3.8) is 0 Å². The first-order chi connectivity index (χ1) is 10.2. The molecule has 0 fully saturated rings.